The van der Waals surface area contributed by atoms with Gasteiger partial charge in [0.1, 0.15) is 5.75 Å². The Morgan fingerprint density at radius 1 is 0.941 bits per heavy atom. The maximum Gasteiger partial charge on any atom is 1.00 e. The topological polar surface area (TPSA) is 74.6 Å². The van der Waals surface area contributed by atoms with E-state index in [9.17, 15) is 13.5 Å². The van der Waals surface area contributed by atoms with Gasteiger partial charge in [-0.05, 0) is 35.0 Å². The van der Waals surface area contributed by atoms with Crippen LogP contribution in [-0.2, 0) is 10.1 Å². The van der Waals surface area contributed by atoms with E-state index in [0.717, 1.165) is 0 Å². The molecule has 0 fully saturated rings. The van der Waals surface area contributed by atoms with Crippen molar-refractivity contribution in [3.8, 4) is 5.75 Å². The molecule has 17 heavy (non-hydrogen) atoms. The van der Waals surface area contributed by atoms with Gasteiger partial charge in [0.05, 0.1) is 4.90 Å². The Morgan fingerprint density at radius 3 is 2.06 bits per heavy atom. The molecule has 2 N–H and O–H groups in total. The summed E-state index contributed by atoms with van der Waals surface area (Å²) in [5.74, 6) is 0.113. The summed E-state index contributed by atoms with van der Waals surface area (Å²) in [5, 5.41) is 10.5. The van der Waals surface area contributed by atoms with Gasteiger partial charge in [0.15, 0.2) is 0 Å². The second-order valence-corrected chi connectivity index (χ2v) is 4.59. The molecule has 0 aliphatic rings. The number of phenols is 1. The third kappa shape index (κ3) is 4.22. The van der Waals surface area contributed by atoms with Gasteiger partial charge in [0, 0.05) is 0 Å². The van der Waals surface area contributed by atoms with Crippen molar-refractivity contribution in [3.05, 3.63) is 36.4 Å². The van der Waals surface area contributed by atoms with E-state index in [1.807, 2.05) is 0 Å². The Bertz CT molecular complexity index is 634. The van der Waals surface area contributed by atoms with Crippen LogP contribution in [0.1, 0.15) is 2.85 Å². The van der Waals surface area contributed by atoms with Crippen LogP contribution in [0.2, 0.25) is 0 Å². The van der Waals surface area contributed by atoms with E-state index in [-0.39, 0.29) is 72.6 Å². The first-order chi connectivity index (χ1) is 6.97. The standard InChI is InChI=1S/C10H8O4S.2Na.2H/c11-9-3-1-8-6-10(15(12,13)14)4-2-7(8)5-9;;;;/h1-6,11H,(H,12,13,14);;;;/q;2*+1;2*-1. The molecular formula is C10H10Na2O4S. The molecule has 0 bridgehead atoms. The van der Waals surface area contributed by atoms with Crippen LogP contribution in [0, 0.1) is 0 Å². The smallest absolute Gasteiger partial charge is 1.00 e. The summed E-state index contributed by atoms with van der Waals surface area (Å²) in [5.41, 5.74) is 0. The second kappa shape index (κ2) is 6.54. The van der Waals surface area contributed by atoms with Gasteiger partial charge >= 0.3 is 59.1 Å². The van der Waals surface area contributed by atoms with E-state index < -0.39 is 10.1 Å². The first-order valence-corrected chi connectivity index (χ1v) is 5.61. The van der Waals surface area contributed by atoms with Gasteiger partial charge in [-0.15, -0.1) is 0 Å². The summed E-state index contributed by atoms with van der Waals surface area (Å²) >= 11 is 0. The molecule has 2 aromatic rings. The minimum atomic E-state index is -4.17. The maximum absolute atomic E-state index is 10.8. The Hall–Kier alpha value is 0.410. The van der Waals surface area contributed by atoms with Crippen molar-refractivity contribution in [2.24, 2.45) is 0 Å². The quantitative estimate of drug-likeness (QED) is 0.410. The first-order valence-electron chi connectivity index (χ1n) is 4.17. The number of aromatic hydroxyl groups is 1. The van der Waals surface area contributed by atoms with Crippen LogP contribution in [0.3, 0.4) is 0 Å². The van der Waals surface area contributed by atoms with Gasteiger partial charge in [-0.2, -0.15) is 8.42 Å². The summed E-state index contributed by atoms with van der Waals surface area (Å²) < 4.78 is 30.5. The summed E-state index contributed by atoms with van der Waals surface area (Å²) in [6.07, 6.45) is 0. The Balaban J connectivity index is -0.000000640. The predicted molar refractivity (Wildman–Crippen MR) is 57.7 cm³/mol. The molecule has 0 radical (unpaired) electrons. The molecule has 4 nitrogen and oxygen atoms in total. The summed E-state index contributed by atoms with van der Waals surface area (Å²) in [7, 11) is -4.17. The van der Waals surface area contributed by atoms with Crippen LogP contribution >= 0.6 is 0 Å². The summed E-state index contributed by atoms with van der Waals surface area (Å²) in [4.78, 5) is -0.152. The molecule has 0 heterocycles. The molecule has 2 rings (SSSR count). The minimum absolute atomic E-state index is 0. The van der Waals surface area contributed by atoms with Crippen molar-refractivity contribution >= 4 is 20.9 Å². The molecule has 0 atom stereocenters. The van der Waals surface area contributed by atoms with Gasteiger partial charge < -0.3 is 7.96 Å². The average Bonchev–Trinajstić information content (AvgIpc) is 2.15. The molecule has 0 amide bonds. The van der Waals surface area contributed by atoms with Gasteiger partial charge in [-0.25, -0.2) is 0 Å². The molecule has 0 saturated heterocycles. The zero-order valence-electron chi connectivity index (χ0n) is 11.6. The van der Waals surface area contributed by atoms with Crippen molar-refractivity contribution in [2.75, 3.05) is 0 Å². The first kappa shape index (κ1) is 17.4. The largest absolute Gasteiger partial charge is 1.00 e. The maximum atomic E-state index is 10.8. The van der Waals surface area contributed by atoms with Crippen LogP contribution in [0.15, 0.2) is 41.3 Å². The van der Waals surface area contributed by atoms with Crippen LogP contribution < -0.4 is 59.1 Å². The fourth-order valence-electron chi connectivity index (χ4n) is 1.37. The molecule has 82 valence electrons. The van der Waals surface area contributed by atoms with E-state index in [2.05, 4.69) is 0 Å². The normalized spacial score (nSPS) is 10.4. The second-order valence-electron chi connectivity index (χ2n) is 3.17. The molecule has 2 aromatic carbocycles. The van der Waals surface area contributed by atoms with E-state index >= 15 is 0 Å². The zero-order chi connectivity index (χ0) is 11.1. The number of hydrogen-bond donors (Lipinski definition) is 2. The van der Waals surface area contributed by atoms with Crippen molar-refractivity contribution in [1.82, 2.24) is 0 Å². The van der Waals surface area contributed by atoms with E-state index in [4.69, 9.17) is 4.55 Å². The molecule has 0 saturated carbocycles. The number of fused-ring (bicyclic) bond motifs is 1. The molecular weight excluding hydrogens is 262 g/mol. The summed E-state index contributed by atoms with van der Waals surface area (Å²) in [6, 6.07) is 8.72. The molecule has 0 unspecified atom stereocenters. The van der Waals surface area contributed by atoms with E-state index in [1.54, 1.807) is 6.07 Å². The van der Waals surface area contributed by atoms with Crippen LogP contribution in [0.4, 0.5) is 0 Å². The van der Waals surface area contributed by atoms with E-state index in [0.29, 0.717) is 10.8 Å². The van der Waals surface area contributed by atoms with E-state index in [1.165, 1.54) is 30.3 Å². The number of phenolic OH excluding ortho intramolecular Hbond substituents is 1. The summed E-state index contributed by atoms with van der Waals surface area (Å²) in [6.45, 7) is 0. The Kier molecular flexibility index (Phi) is 6.70. The Labute approximate surface area is 146 Å². The number of benzene rings is 2. The monoisotopic (exact) mass is 272 g/mol. The minimum Gasteiger partial charge on any atom is -1.00 e. The Morgan fingerprint density at radius 2 is 1.47 bits per heavy atom. The van der Waals surface area contributed by atoms with Crippen molar-refractivity contribution < 1.29 is 80.0 Å². The van der Waals surface area contributed by atoms with Gasteiger partial charge in [0.2, 0.25) is 0 Å². The van der Waals surface area contributed by atoms with Gasteiger partial charge in [0.25, 0.3) is 10.1 Å². The number of rotatable bonds is 1. The molecule has 0 spiro atoms. The van der Waals surface area contributed by atoms with Gasteiger partial charge in [-0.1, -0.05) is 12.1 Å². The fourth-order valence-corrected chi connectivity index (χ4v) is 1.89. The number of hydrogen-bond acceptors (Lipinski definition) is 3. The molecule has 0 aliphatic heterocycles. The van der Waals surface area contributed by atoms with Gasteiger partial charge in [-0.3, -0.25) is 4.55 Å². The van der Waals surface area contributed by atoms with Crippen LogP contribution in [0.5, 0.6) is 5.75 Å². The third-order valence-electron chi connectivity index (χ3n) is 2.09. The van der Waals surface area contributed by atoms with Crippen LogP contribution in [-0.4, -0.2) is 18.1 Å². The third-order valence-corrected chi connectivity index (χ3v) is 2.94. The van der Waals surface area contributed by atoms with Crippen molar-refractivity contribution in [1.29, 1.82) is 0 Å². The average molecular weight is 272 g/mol. The van der Waals surface area contributed by atoms with Crippen LogP contribution in [0.25, 0.3) is 10.8 Å². The van der Waals surface area contributed by atoms with Crippen molar-refractivity contribution in [2.45, 2.75) is 4.90 Å². The van der Waals surface area contributed by atoms with Crippen molar-refractivity contribution in [3.63, 3.8) is 0 Å². The molecule has 0 aromatic heterocycles. The molecule has 0 aliphatic carbocycles. The zero-order valence-corrected chi connectivity index (χ0v) is 14.4. The molecule has 7 heteroatoms. The fraction of sp³-hybridized carbons (Fsp3) is 0. The SMILES string of the molecule is O=S(=O)(O)c1ccc2cc(O)ccc2c1.[H-].[H-].[Na+].[Na+]. The predicted octanol–water partition coefficient (Wildman–Crippen LogP) is -3.97.